The Hall–Kier alpha value is -1.17. The summed E-state index contributed by atoms with van der Waals surface area (Å²) in [6.07, 6.45) is 1.10. The first kappa shape index (κ1) is 19.8. The van der Waals surface area contributed by atoms with Crippen LogP contribution in [0.15, 0.2) is 24.3 Å². The molecule has 3 atom stereocenters. The van der Waals surface area contributed by atoms with Gasteiger partial charge in [-0.05, 0) is 37.5 Å². The average molecular weight is 319 g/mol. The molecule has 6 heteroatoms. The highest BCUT2D eigenvalue weighted by Gasteiger charge is 2.17. The van der Waals surface area contributed by atoms with Gasteiger partial charge in [-0.15, -0.1) is 12.4 Å². The highest BCUT2D eigenvalue weighted by Crippen LogP contribution is 2.18. The van der Waals surface area contributed by atoms with Gasteiger partial charge >= 0.3 is 0 Å². The zero-order chi connectivity index (χ0) is 15.1. The normalized spacial score (nSPS) is 14.7. The lowest BCUT2D eigenvalue weighted by Gasteiger charge is -2.20. The second-order valence-electron chi connectivity index (χ2n) is 5.11. The topological polar surface area (TPSA) is 75.4 Å². The summed E-state index contributed by atoms with van der Waals surface area (Å²) in [4.78, 5) is 11.7. The van der Waals surface area contributed by atoms with Crippen LogP contribution in [-0.4, -0.2) is 23.1 Å². The second-order valence-corrected chi connectivity index (χ2v) is 5.11. The van der Waals surface area contributed by atoms with Crippen LogP contribution in [0.2, 0.25) is 0 Å². The molecule has 4 N–H and O–H groups in total. The first-order valence-electron chi connectivity index (χ1n) is 6.93. The van der Waals surface area contributed by atoms with Gasteiger partial charge in [0.15, 0.2) is 0 Å². The molecule has 0 saturated carbocycles. The molecule has 1 aromatic carbocycles. The number of carbonyl (C=O) groups excluding carboxylic acids is 1. The van der Waals surface area contributed by atoms with Crippen molar-refractivity contribution in [1.82, 2.24) is 5.32 Å². The third-order valence-corrected chi connectivity index (χ3v) is 3.16. The number of nitrogens with one attached hydrogen (secondary N) is 1. The number of aliphatic hydroxyl groups is 1. The van der Waals surface area contributed by atoms with Crippen LogP contribution in [0.4, 0.5) is 4.39 Å². The fourth-order valence-electron chi connectivity index (χ4n) is 2.01. The largest absolute Gasteiger partial charge is 0.388 e. The summed E-state index contributed by atoms with van der Waals surface area (Å²) in [7, 11) is 0. The molecule has 0 heterocycles. The lowest BCUT2D eigenvalue weighted by atomic mass is 10.0. The molecule has 4 nitrogen and oxygen atoms in total. The van der Waals surface area contributed by atoms with E-state index in [0.717, 1.165) is 6.42 Å². The maximum Gasteiger partial charge on any atom is 0.237 e. The Kier molecular flexibility index (Phi) is 9.17. The molecule has 0 aromatic heterocycles. The Morgan fingerprint density at radius 1 is 1.38 bits per heavy atom. The number of aliphatic hydroxyl groups excluding tert-OH is 1. The van der Waals surface area contributed by atoms with Gasteiger partial charge in [0, 0.05) is 6.04 Å². The van der Waals surface area contributed by atoms with Crippen molar-refractivity contribution in [3.63, 3.8) is 0 Å². The number of rotatable bonds is 7. The van der Waals surface area contributed by atoms with E-state index in [9.17, 15) is 14.3 Å². The standard InChI is InChI=1S/C15H23FN2O2.ClH/c1-3-4-13(17)15(20)18-10(2)9-14(19)11-5-7-12(16)8-6-11;/h5-8,10,13-14,19H,3-4,9,17H2,1-2H3,(H,18,20);1H. The van der Waals surface area contributed by atoms with E-state index >= 15 is 0 Å². The number of halogens is 2. The molecule has 1 rings (SSSR count). The van der Waals surface area contributed by atoms with Crippen molar-refractivity contribution < 1.29 is 14.3 Å². The van der Waals surface area contributed by atoms with E-state index < -0.39 is 12.1 Å². The lowest BCUT2D eigenvalue weighted by molar-refractivity contribution is -0.123. The Bertz CT molecular complexity index is 428. The monoisotopic (exact) mass is 318 g/mol. The van der Waals surface area contributed by atoms with Gasteiger partial charge in [-0.3, -0.25) is 4.79 Å². The quantitative estimate of drug-likeness (QED) is 0.722. The summed E-state index contributed by atoms with van der Waals surface area (Å²) in [5.74, 6) is -0.543. The Labute approximate surface area is 131 Å². The van der Waals surface area contributed by atoms with Crippen LogP contribution in [0.25, 0.3) is 0 Å². The van der Waals surface area contributed by atoms with Gasteiger partial charge in [0.1, 0.15) is 5.82 Å². The molecule has 0 aliphatic rings. The minimum atomic E-state index is -0.742. The van der Waals surface area contributed by atoms with Crippen molar-refractivity contribution in [3.8, 4) is 0 Å². The molecule has 0 aliphatic carbocycles. The van der Waals surface area contributed by atoms with E-state index in [1.54, 1.807) is 0 Å². The number of carbonyl (C=O) groups is 1. The summed E-state index contributed by atoms with van der Waals surface area (Å²) >= 11 is 0. The van der Waals surface area contributed by atoms with Crippen LogP contribution in [0.5, 0.6) is 0 Å². The van der Waals surface area contributed by atoms with Crippen molar-refractivity contribution in [1.29, 1.82) is 0 Å². The number of benzene rings is 1. The molecule has 0 saturated heterocycles. The molecule has 0 bridgehead atoms. The average Bonchev–Trinajstić information content (AvgIpc) is 2.39. The molecule has 0 aliphatic heterocycles. The van der Waals surface area contributed by atoms with Crippen LogP contribution in [-0.2, 0) is 4.79 Å². The van der Waals surface area contributed by atoms with Crippen LogP contribution in [0, 0.1) is 5.82 Å². The molecule has 120 valence electrons. The first-order valence-corrected chi connectivity index (χ1v) is 6.93. The molecule has 1 aromatic rings. The summed E-state index contributed by atoms with van der Waals surface area (Å²) in [5.41, 5.74) is 6.35. The minimum Gasteiger partial charge on any atom is -0.388 e. The smallest absolute Gasteiger partial charge is 0.237 e. The maximum atomic E-state index is 12.8. The van der Waals surface area contributed by atoms with E-state index in [2.05, 4.69) is 5.32 Å². The van der Waals surface area contributed by atoms with Crippen molar-refractivity contribution in [2.45, 2.75) is 51.3 Å². The predicted octanol–water partition coefficient (Wildman–Crippen LogP) is 2.30. The van der Waals surface area contributed by atoms with Crippen molar-refractivity contribution >= 4 is 18.3 Å². The van der Waals surface area contributed by atoms with Crippen molar-refractivity contribution in [2.24, 2.45) is 5.73 Å². The fraction of sp³-hybridized carbons (Fsp3) is 0.533. The Morgan fingerprint density at radius 3 is 2.48 bits per heavy atom. The van der Waals surface area contributed by atoms with Gasteiger partial charge in [-0.2, -0.15) is 0 Å². The van der Waals surface area contributed by atoms with E-state index in [1.807, 2.05) is 13.8 Å². The summed E-state index contributed by atoms with van der Waals surface area (Å²) in [5, 5.41) is 12.8. The summed E-state index contributed by atoms with van der Waals surface area (Å²) in [6.45, 7) is 3.78. The summed E-state index contributed by atoms with van der Waals surface area (Å²) in [6, 6.07) is 4.97. The van der Waals surface area contributed by atoms with Gasteiger partial charge in [-0.1, -0.05) is 25.5 Å². The van der Waals surface area contributed by atoms with Gasteiger partial charge < -0.3 is 16.2 Å². The number of hydrogen-bond donors (Lipinski definition) is 3. The van der Waals surface area contributed by atoms with Gasteiger partial charge in [0.05, 0.1) is 12.1 Å². The van der Waals surface area contributed by atoms with Crippen molar-refractivity contribution in [2.75, 3.05) is 0 Å². The molecule has 1 amide bonds. The molecule has 0 radical (unpaired) electrons. The van der Waals surface area contributed by atoms with Crippen LogP contribution in [0.3, 0.4) is 0 Å². The summed E-state index contributed by atoms with van der Waals surface area (Å²) < 4.78 is 12.8. The highest BCUT2D eigenvalue weighted by atomic mass is 35.5. The Morgan fingerprint density at radius 2 is 1.95 bits per heavy atom. The minimum absolute atomic E-state index is 0. The van der Waals surface area contributed by atoms with E-state index in [-0.39, 0.29) is 30.2 Å². The molecular weight excluding hydrogens is 295 g/mol. The zero-order valence-corrected chi connectivity index (χ0v) is 13.2. The first-order chi connectivity index (χ1) is 9.43. The van der Waals surface area contributed by atoms with Crippen LogP contribution < -0.4 is 11.1 Å². The van der Waals surface area contributed by atoms with Gasteiger partial charge in [-0.25, -0.2) is 4.39 Å². The second kappa shape index (κ2) is 9.71. The third-order valence-electron chi connectivity index (χ3n) is 3.16. The molecule has 21 heavy (non-hydrogen) atoms. The van der Waals surface area contributed by atoms with E-state index in [4.69, 9.17) is 5.73 Å². The van der Waals surface area contributed by atoms with Crippen molar-refractivity contribution in [3.05, 3.63) is 35.6 Å². The SMILES string of the molecule is CCCC(N)C(=O)NC(C)CC(O)c1ccc(F)cc1.Cl. The predicted molar refractivity (Wildman–Crippen MR) is 83.7 cm³/mol. The lowest BCUT2D eigenvalue weighted by Crippen LogP contribution is -2.44. The van der Waals surface area contributed by atoms with Crippen LogP contribution >= 0.6 is 12.4 Å². The highest BCUT2D eigenvalue weighted by molar-refractivity contribution is 5.85. The number of hydrogen-bond acceptors (Lipinski definition) is 3. The molecular formula is C15H24ClFN2O2. The molecule has 3 unspecified atom stereocenters. The number of amides is 1. The molecule has 0 spiro atoms. The number of nitrogens with two attached hydrogens (primary N) is 1. The maximum absolute atomic E-state index is 12.8. The van der Waals surface area contributed by atoms with Crippen LogP contribution in [0.1, 0.15) is 44.8 Å². The van der Waals surface area contributed by atoms with Gasteiger partial charge in [0.25, 0.3) is 0 Å². The van der Waals surface area contributed by atoms with E-state index in [0.29, 0.717) is 18.4 Å². The zero-order valence-electron chi connectivity index (χ0n) is 12.4. The third kappa shape index (κ3) is 6.89. The Balaban J connectivity index is 0.00000400. The molecule has 0 fully saturated rings. The van der Waals surface area contributed by atoms with Gasteiger partial charge in [0.2, 0.25) is 5.91 Å². The fourth-order valence-corrected chi connectivity index (χ4v) is 2.01. The van der Waals surface area contributed by atoms with E-state index in [1.165, 1.54) is 24.3 Å².